The summed E-state index contributed by atoms with van der Waals surface area (Å²) in [4.78, 5) is 15.5. The summed E-state index contributed by atoms with van der Waals surface area (Å²) in [6.45, 7) is 37.7. The fraction of sp³-hybridized carbons (Fsp3) is 0.533. The fourth-order valence-electron chi connectivity index (χ4n) is 6.48. The lowest BCUT2D eigenvalue weighted by molar-refractivity contribution is 0.422. The Morgan fingerprint density at radius 3 is 0.549 bits per heavy atom. The Bertz CT molecular complexity index is 1620. The van der Waals surface area contributed by atoms with Crippen LogP contribution in [0.1, 0.15) is 158 Å². The SMILES string of the molecule is CC(C)(C)c1cc(-c2nc(-c3cc(C(C)(C)C)c(O)c(C(C)(C)C)c3)nc(-c3cc(C(C)(C)C)c(O)c(C(C)(C)C)c3)n2)cc(C(C)(C)C)c1O. The van der Waals surface area contributed by atoms with Gasteiger partial charge >= 0.3 is 0 Å². The second-order valence-electron chi connectivity index (χ2n) is 20.6. The topological polar surface area (TPSA) is 99.4 Å². The Labute approximate surface area is 307 Å². The summed E-state index contributed by atoms with van der Waals surface area (Å²) in [6, 6.07) is 12.0. The lowest BCUT2D eigenvalue weighted by Gasteiger charge is -2.29. The van der Waals surface area contributed by atoms with Crippen LogP contribution in [0.4, 0.5) is 0 Å². The third-order valence-electron chi connectivity index (χ3n) is 9.59. The molecule has 276 valence electrons. The lowest BCUT2D eigenvalue weighted by atomic mass is 9.78. The van der Waals surface area contributed by atoms with Gasteiger partial charge in [-0.05, 0) is 68.9 Å². The van der Waals surface area contributed by atoms with E-state index in [0.717, 1.165) is 50.1 Å². The molecule has 0 amide bonds. The van der Waals surface area contributed by atoms with Gasteiger partial charge in [0.05, 0.1) is 0 Å². The van der Waals surface area contributed by atoms with Gasteiger partial charge in [-0.25, -0.2) is 15.0 Å². The van der Waals surface area contributed by atoms with Gasteiger partial charge in [-0.3, -0.25) is 0 Å². The monoisotopic (exact) mass is 693 g/mol. The molecule has 6 heteroatoms. The average molecular weight is 694 g/mol. The molecule has 1 aromatic heterocycles. The Balaban J connectivity index is 2.24. The van der Waals surface area contributed by atoms with E-state index in [1.54, 1.807) is 0 Å². The predicted molar refractivity (Wildman–Crippen MR) is 213 cm³/mol. The van der Waals surface area contributed by atoms with Crippen molar-refractivity contribution in [2.45, 2.75) is 157 Å². The van der Waals surface area contributed by atoms with Gasteiger partial charge in [0.2, 0.25) is 0 Å². The minimum Gasteiger partial charge on any atom is -0.507 e. The normalized spacial score (nSPS) is 13.5. The van der Waals surface area contributed by atoms with Crippen molar-refractivity contribution in [2.75, 3.05) is 0 Å². The molecule has 0 aliphatic rings. The maximum absolute atomic E-state index is 11.6. The van der Waals surface area contributed by atoms with Crippen LogP contribution in [-0.2, 0) is 32.5 Å². The minimum absolute atomic E-state index is 0.291. The van der Waals surface area contributed by atoms with E-state index in [9.17, 15) is 15.3 Å². The van der Waals surface area contributed by atoms with E-state index in [1.807, 2.05) is 36.4 Å². The summed E-state index contributed by atoms with van der Waals surface area (Å²) < 4.78 is 0. The van der Waals surface area contributed by atoms with Crippen LogP contribution in [0.15, 0.2) is 36.4 Å². The maximum atomic E-state index is 11.6. The molecule has 1 heterocycles. The van der Waals surface area contributed by atoms with E-state index < -0.39 is 0 Å². The van der Waals surface area contributed by atoms with Crippen molar-refractivity contribution in [3.63, 3.8) is 0 Å². The highest BCUT2D eigenvalue weighted by Gasteiger charge is 2.31. The highest BCUT2D eigenvalue weighted by atomic mass is 16.3. The zero-order valence-corrected chi connectivity index (χ0v) is 34.6. The zero-order chi connectivity index (χ0) is 39.0. The van der Waals surface area contributed by atoms with E-state index in [1.165, 1.54) is 0 Å². The van der Waals surface area contributed by atoms with Crippen molar-refractivity contribution in [2.24, 2.45) is 0 Å². The van der Waals surface area contributed by atoms with E-state index in [0.29, 0.717) is 34.7 Å². The largest absolute Gasteiger partial charge is 0.507 e. The molecule has 3 N–H and O–H groups in total. The van der Waals surface area contributed by atoms with E-state index in [-0.39, 0.29) is 32.5 Å². The van der Waals surface area contributed by atoms with E-state index in [4.69, 9.17) is 15.0 Å². The fourth-order valence-corrected chi connectivity index (χ4v) is 6.48. The predicted octanol–water partition coefficient (Wildman–Crippen LogP) is 11.8. The quantitative estimate of drug-likeness (QED) is 0.197. The lowest BCUT2D eigenvalue weighted by Crippen LogP contribution is -2.18. The first kappa shape index (κ1) is 39.8. The number of hydrogen-bond acceptors (Lipinski definition) is 6. The number of rotatable bonds is 3. The van der Waals surface area contributed by atoms with Crippen molar-refractivity contribution in [1.29, 1.82) is 0 Å². The van der Waals surface area contributed by atoms with Gasteiger partial charge in [0, 0.05) is 50.1 Å². The van der Waals surface area contributed by atoms with Gasteiger partial charge in [0.25, 0.3) is 0 Å². The van der Waals surface area contributed by atoms with Crippen LogP contribution < -0.4 is 0 Å². The van der Waals surface area contributed by atoms with Gasteiger partial charge in [-0.1, -0.05) is 125 Å². The first-order valence-corrected chi connectivity index (χ1v) is 18.2. The minimum atomic E-state index is -0.348. The summed E-state index contributed by atoms with van der Waals surface area (Å²) in [5.41, 5.74) is 5.16. The van der Waals surface area contributed by atoms with Gasteiger partial charge in [0.1, 0.15) is 17.2 Å². The summed E-state index contributed by atoms with van der Waals surface area (Å²) in [7, 11) is 0. The van der Waals surface area contributed by atoms with Crippen molar-refractivity contribution in [3.05, 3.63) is 69.8 Å². The smallest absolute Gasteiger partial charge is 0.164 e. The zero-order valence-electron chi connectivity index (χ0n) is 34.6. The van der Waals surface area contributed by atoms with Gasteiger partial charge in [-0.15, -0.1) is 0 Å². The molecule has 4 rings (SSSR count). The molecule has 6 nitrogen and oxygen atoms in total. The summed E-state index contributed by atoms with van der Waals surface area (Å²) in [5, 5.41) is 34.7. The highest BCUT2D eigenvalue weighted by Crippen LogP contribution is 2.45. The Kier molecular flexibility index (Phi) is 9.87. The van der Waals surface area contributed by atoms with Gasteiger partial charge in [-0.2, -0.15) is 0 Å². The van der Waals surface area contributed by atoms with Crippen LogP contribution in [0.2, 0.25) is 0 Å². The summed E-state index contributed by atoms with van der Waals surface area (Å²) >= 11 is 0. The summed E-state index contributed by atoms with van der Waals surface area (Å²) in [6.07, 6.45) is 0. The molecule has 51 heavy (non-hydrogen) atoms. The molecular formula is C45H63N3O3. The van der Waals surface area contributed by atoms with Crippen LogP contribution in [0, 0.1) is 0 Å². The number of phenols is 3. The van der Waals surface area contributed by atoms with Crippen molar-refractivity contribution < 1.29 is 15.3 Å². The molecule has 0 saturated carbocycles. The molecule has 0 fully saturated rings. The van der Waals surface area contributed by atoms with E-state index >= 15 is 0 Å². The number of aromatic nitrogens is 3. The molecule has 0 aliphatic carbocycles. The highest BCUT2D eigenvalue weighted by molar-refractivity contribution is 5.72. The third kappa shape index (κ3) is 8.26. The van der Waals surface area contributed by atoms with Crippen LogP contribution in [0.3, 0.4) is 0 Å². The molecule has 0 bridgehead atoms. The molecule has 3 aromatic carbocycles. The molecule has 0 radical (unpaired) electrons. The Morgan fingerprint density at radius 2 is 0.431 bits per heavy atom. The maximum Gasteiger partial charge on any atom is 0.164 e. The van der Waals surface area contributed by atoms with Gasteiger partial charge in [0.15, 0.2) is 17.5 Å². The first-order valence-electron chi connectivity index (χ1n) is 18.2. The molecule has 0 spiro atoms. The van der Waals surface area contributed by atoms with Gasteiger partial charge < -0.3 is 15.3 Å². The molecule has 0 unspecified atom stereocenters. The molecule has 4 aromatic rings. The number of phenolic OH excluding ortho intramolecular Hbond substituents is 3. The number of aromatic hydroxyl groups is 3. The molecule has 0 atom stereocenters. The molecular weight excluding hydrogens is 631 g/mol. The third-order valence-corrected chi connectivity index (χ3v) is 9.59. The number of hydrogen-bond donors (Lipinski definition) is 3. The summed E-state index contributed by atoms with van der Waals surface area (Å²) in [5.74, 6) is 2.32. The number of nitrogens with zero attached hydrogens (tertiary/aromatic N) is 3. The second kappa shape index (κ2) is 12.6. The van der Waals surface area contributed by atoms with Crippen LogP contribution in [0.5, 0.6) is 17.2 Å². The molecule has 0 saturated heterocycles. The van der Waals surface area contributed by atoms with Crippen LogP contribution >= 0.6 is 0 Å². The standard InChI is InChI=1S/C45H63N3O3/c1-40(2,3)28-19-25(20-29(34(28)49)41(4,5)6)37-46-38(26-21-30(42(7,8)9)35(50)31(22-26)43(10,11)12)48-39(47-37)27-23-32(44(13,14)15)36(51)33(24-27)45(16,17)18/h19-24,49-51H,1-18H3. The first-order chi connectivity index (χ1) is 22.8. The van der Waals surface area contributed by atoms with Crippen molar-refractivity contribution in [3.8, 4) is 51.4 Å². The van der Waals surface area contributed by atoms with Crippen molar-refractivity contribution >= 4 is 0 Å². The van der Waals surface area contributed by atoms with Crippen molar-refractivity contribution in [1.82, 2.24) is 15.0 Å². The number of benzene rings is 3. The second-order valence-corrected chi connectivity index (χ2v) is 20.6. The van der Waals surface area contributed by atoms with E-state index in [2.05, 4.69) is 125 Å². The van der Waals surface area contributed by atoms with Crippen LogP contribution in [0.25, 0.3) is 34.2 Å². The Morgan fingerprint density at radius 1 is 0.294 bits per heavy atom. The van der Waals surface area contributed by atoms with Crippen LogP contribution in [-0.4, -0.2) is 30.3 Å². The Hall–Kier alpha value is -3.93. The average Bonchev–Trinajstić information content (AvgIpc) is 2.93. The molecule has 0 aliphatic heterocycles.